The van der Waals surface area contributed by atoms with Crippen LogP contribution >= 0.6 is 11.6 Å². The fourth-order valence-electron chi connectivity index (χ4n) is 2.70. The predicted octanol–water partition coefficient (Wildman–Crippen LogP) is 3.54. The highest BCUT2D eigenvalue weighted by molar-refractivity contribution is 6.30. The first-order valence-corrected chi connectivity index (χ1v) is 8.26. The number of benzene rings is 1. The number of hydrogen-bond acceptors (Lipinski definition) is 5. The molecule has 1 unspecified atom stereocenters. The van der Waals surface area contributed by atoms with E-state index >= 15 is 0 Å². The van der Waals surface area contributed by atoms with E-state index in [1.54, 1.807) is 6.07 Å². The Morgan fingerprint density at radius 2 is 2.04 bits per heavy atom. The van der Waals surface area contributed by atoms with Gasteiger partial charge in [0.1, 0.15) is 11.5 Å². The van der Waals surface area contributed by atoms with Gasteiger partial charge in [0.15, 0.2) is 0 Å². The lowest BCUT2D eigenvalue weighted by Crippen LogP contribution is -2.16. The molecule has 2 aromatic heterocycles. The third-order valence-electron chi connectivity index (χ3n) is 3.88. The van der Waals surface area contributed by atoms with Crippen molar-refractivity contribution in [3.05, 3.63) is 66.8 Å². The Bertz CT molecular complexity index is 1030. The number of fused-ring (bicyclic) bond motifs is 1. The normalized spacial score (nSPS) is 12.3. The maximum absolute atomic E-state index is 12.4. The minimum Gasteiger partial charge on any atom is -0.457 e. The summed E-state index contributed by atoms with van der Waals surface area (Å²) in [7, 11) is 0. The molecule has 1 atom stereocenters. The van der Waals surface area contributed by atoms with Gasteiger partial charge in [-0.05, 0) is 49.1 Å². The summed E-state index contributed by atoms with van der Waals surface area (Å²) >= 11 is 6.07. The molecule has 1 N–H and O–H groups in total. The number of nitrogens with zero attached hydrogens (tertiary/aromatic N) is 1. The first kappa shape index (κ1) is 17.2. The first-order valence-electron chi connectivity index (χ1n) is 7.88. The number of halogens is 1. The van der Waals surface area contributed by atoms with Gasteiger partial charge in [-0.25, -0.2) is 4.79 Å². The lowest BCUT2D eigenvalue weighted by atomic mass is 10.1. The monoisotopic (exact) mass is 360 g/mol. The van der Waals surface area contributed by atoms with Crippen molar-refractivity contribution in [3.8, 4) is 6.01 Å². The van der Waals surface area contributed by atoms with Crippen molar-refractivity contribution < 1.29 is 9.15 Å². The summed E-state index contributed by atoms with van der Waals surface area (Å²) in [5.41, 5.74) is 1.44. The molecule has 2 heterocycles. The summed E-state index contributed by atoms with van der Waals surface area (Å²) in [5.74, 6) is 0. The van der Waals surface area contributed by atoms with E-state index in [0.717, 1.165) is 11.1 Å². The van der Waals surface area contributed by atoms with Crippen molar-refractivity contribution in [2.24, 2.45) is 0 Å². The number of hydrogen-bond donors (Lipinski definition) is 1. The molecule has 130 valence electrons. The third-order valence-corrected chi connectivity index (χ3v) is 4.10. The van der Waals surface area contributed by atoms with E-state index in [1.807, 2.05) is 32.9 Å². The van der Waals surface area contributed by atoms with Crippen LogP contribution in [0.3, 0.4) is 0 Å². The summed E-state index contributed by atoms with van der Waals surface area (Å²) in [6.45, 7) is 5.59. The highest BCUT2D eigenvalue weighted by atomic mass is 35.5. The molecule has 0 amide bonds. The molecule has 3 aromatic rings. The molecule has 0 fully saturated rings. The smallest absolute Gasteiger partial charge is 0.337 e. The van der Waals surface area contributed by atoms with Crippen molar-refractivity contribution in [3.63, 3.8) is 0 Å². The van der Waals surface area contributed by atoms with Crippen LogP contribution in [-0.2, 0) is 6.42 Å². The van der Waals surface area contributed by atoms with Gasteiger partial charge in [-0.15, -0.1) is 0 Å². The summed E-state index contributed by atoms with van der Waals surface area (Å²) in [6.07, 6.45) is 0.115. The molecule has 0 radical (unpaired) electrons. The molecular formula is C18H17ClN2O4. The van der Waals surface area contributed by atoms with E-state index < -0.39 is 17.3 Å². The molecule has 0 spiro atoms. The maximum Gasteiger partial charge on any atom is 0.337 e. The van der Waals surface area contributed by atoms with E-state index in [9.17, 15) is 9.59 Å². The maximum atomic E-state index is 12.4. The lowest BCUT2D eigenvalue weighted by Gasteiger charge is -2.15. The average Bonchev–Trinajstić information content (AvgIpc) is 2.52. The fraction of sp³-hybridized carbons (Fsp3) is 0.278. The number of ether oxygens (including phenoxy) is 1. The van der Waals surface area contributed by atoms with Crippen molar-refractivity contribution in [2.45, 2.75) is 33.3 Å². The number of aromatic amines is 1. The second kappa shape index (κ2) is 6.72. The summed E-state index contributed by atoms with van der Waals surface area (Å²) < 4.78 is 10.8. The Labute approximate surface area is 148 Å². The zero-order valence-corrected chi connectivity index (χ0v) is 14.8. The molecule has 0 aliphatic rings. The van der Waals surface area contributed by atoms with Crippen molar-refractivity contribution in [1.29, 1.82) is 0 Å². The topological polar surface area (TPSA) is 85.2 Å². The van der Waals surface area contributed by atoms with Crippen LogP contribution < -0.4 is 15.9 Å². The Balaban J connectivity index is 2.02. The Kier molecular flexibility index (Phi) is 4.63. The quantitative estimate of drug-likeness (QED) is 0.769. The SMILES string of the molecule is CCc1cc(=O)oc2nc(OC(C)c3cc(C)cc(Cl)c3)[nH]c(=O)c12. The second-order valence-electron chi connectivity index (χ2n) is 5.82. The van der Waals surface area contributed by atoms with Gasteiger partial charge < -0.3 is 9.15 Å². The van der Waals surface area contributed by atoms with E-state index in [1.165, 1.54) is 6.07 Å². The molecule has 25 heavy (non-hydrogen) atoms. The molecule has 0 aliphatic carbocycles. The van der Waals surface area contributed by atoms with Gasteiger partial charge in [-0.3, -0.25) is 9.78 Å². The molecule has 1 aromatic carbocycles. The van der Waals surface area contributed by atoms with Crippen LogP contribution in [0.25, 0.3) is 11.1 Å². The largest absolute Gasteiger partial charge is 0.457 e. The minimum absolute atomic E-state index is 0.0148. The third kappa shape index (κ3) is 3.58. The van der Waals surface area contributed by atoms with Crippen molar-refractivity contribution >= 4 is 22.7 Å². The van der Waals surface area contributed by atoms with Crippen LogP contribution in [0.1, 0.15) is 36.6 Å². The number of nitrogens with one attached hydrogen (secondary N) is 1. The van der Waals surface area contributed by atoms with Crippen LogP contribution in [0.5, 0.6) is 6.01 Å². The zero-order chi connectivity index (χ0) is 18.1. The zero-order valence-electron chi connectivity index (χ0n) is 14.1. The molecular weight excluding hydrogens is 344 g/mol. The summed E-state index contributed by atoms with van der Waals surface area (Å²) in [6, 6.07) is 6.85. The van der Waals surface area contributed by atoms with Crippen LogP contribution in [0, 0.1) is 6.92 Å². The molecule has 0 aliphatic heterocycles. The van der Waals surface area contributed by atoms with Gasteiger partial charge in [0, 0.05) is 11.1 Å². The van der Waals surface area contributed by atoms with Crippen molar-refractivity contribution in [1.82, 2.24) is 9.97 Å². The van der Waals surface area contributed by atoms with E-state index in [0.29, 0.717) is 17.0 Å². The number of aromatic nitrogens is 2. The molecule has 6 nitrogen and oxygen atoms in total. The second-order valence-corrected chi connectivity index (χ2v) is 6.25. The van der Waals surface area contributed by atoms with Gasteiger partial charge in [0.2, 0.25) is 5.71 Å². The standard InChI is InChI=1S/C18H17ClN2O4/c1-4-11-8-14(22)25-17-15(11)16(23)20-18(21-17)24-10(3)12-5-9(2)6-13(19)7-12/h5-8,10H,4H2,1-3H3,(H,20,21,23). The minimum atomic E-state index is -0.549. The van der Waals surface area contributed by atoms with Crippen LogP contribution in [0.15, 0.2) is 38.3 Å². The number of H-pyrrole nitrogens is 1. The highest BCUT2D eigenvalue weighted by Crippen LogP contribution is 2.24. The molecule has 7 heteroatoms. The van der Waals surface area contributed by atoms with Crippen molar-refractivity contribution in [2.75, 3.05) is 0 Å². The number of rotatable bonds is 4. The average molecular weight is 361 g/mol. The fourth-order valence-corrected chi connectivity index (χ4v) is 3.00. The van der Waals surface area contributed by atoms with Crippen LogP contribution in [0.2, 0.25) is 5.02 Å². The molecule has 3 rings (SSSR count). The first-order chi connectivity index (χ1) is 11.9. The molecule has 0 bridgehead atoms. The van der Waals surface area contributed by atoms with E-state index in [2.05, 4.69) is 9.97 Å². The van der Waals surface area contributed by atoms with Gasteiger partial charge in [-0.1, -0.05) is 24.6 Å². The van der Waals surface area contributed by atoms with Crippen LogP contribution in [-0.4, -0.2) is 9.97 Å². The number of aryl methyl sites for hydroxylation is 2. The molecule has 0 saturated heterocycles. The molecule has 0 saturated carbocycles. The Morgan fingerprint density at radius 1 is 1.28 bits per heavy atom. The Hall–Kier alpha value is -2.60. The van der Waals surface area contributed by atoms with Crippen LogP contribution in [0.4, 0.5) is 0 Å². The van der Waals surface area contributed by atoms with Gasteiger partial charge >= 0.3 is 5.63 Å². The summed E-state index contributed by atoms with van der Waals surface area (Å²) in [5, 5.41) is 0.865. The lowest BCUT2D eigenvalue weighted by molar-refractivity contribution is 0.206. The predicted molar refractivity (Wildman–Crippen MR) is 95.5 cm³/mol. The van der Waals surface area contributed by atoms with Gasteiger partial charge in [0.05, 0.1) is 0 Å². The van der Waals surface area contributed by atoms with E-state index in [-0.39, 0.29) is 17.1 Å². The van der Waals surface area contributed by atoms with Gasteiger partial charge in [-0.2, -0.15) is 4.98 Å². The van der Waals surface area contributed by atoms with E-state index in [4.69, 9.17) is 20.8 Å². The Morgan fingerprint density at radius 3 is 2.72 bits per heavy atom. The highest BCUT2D eigenvalue weighted by Gasteiger charge is 2.15. The summed E-state index contributed by atoms with van der Waals surface area (Å²) in [4.78, 5) is 30.7. The van der Waals surface area contributed by atoms with Gasteiger partial charge in [0.25, 0.3) is 11.6 Å².